The summed E-state index contributed by atoms with van der Waals surface area (Å²) in [5, 5.41) is 2.57. The van der Waals surface area contributed by atoms with Crippen LogP contribution in [0.2, 0.25) is 0 Å². The van der Waals surface area contributed by atoms with Gasteiger partial charge in [0.25, 0.3) is 0 Å². The molecule has 0 spiro atoms. The zero-order valence-corrected chi connectivity index (χ0v) is 17.2. The Morgan fingerprint density at radius 3 is 1.03 bits per heavy atom. The number of benzene rings is 1. The van der Waals surface area contributed by atoms with Crippen molar-refractivity contribution in [1.29, 1.82) is 0 Å². The largest absolute Gasteiger partial charge is 0.454 e. The van der Waals surface area contributed by atoms with Gasteiger partial charge in [0, 0.05) is 18.6 Å². The van der Waals surface area contributed by atoms with Crippen molar-refractivity contribution in [3.8, 4) is 34.4 Å². The van der Waals surface area contributed by atoms with Gasteiger partial charge in [0.15, 0.2) is 17.3 Å². The molecule has 1 aromatic carbocycles. The fraction of sp³-hybridized carbons (Fsp3) is 0. The van der Waals surface area contributed by atoms with Gasteiger partial charge in [0.05, 0.1) is 16.2 Å². The van der Waals surface area contributed by atoms with Gasteiger partial charge in [-0.15, -0.1) is 0 Å². The van der Waals surface area contributed by atoms with E-state index in [9.17, 15) is 0 Å². The van der Waals surface area contributed by atoms with Gasteiger partial charge in [-0.3, -0.25) is 15.0 Å². The lowest BCUT2D eigenvalue weighted by Gasteiger charge is -1.95. The highest BCUT2D eigenvalue weighted by molar-refractivity contribution is 6.22. The smallest absolute Gasteiger partial charge is 0.153 e. The van der Waals surface area contributed by atoms with E-state index in [4.69, 9.17) is 13.3 Å². The lowest BCUT2D eigenvalue weighted by Crippen LogP contribution is -1.77. The van der Waals surface area contributed by atoms with Crippen LogP contribution in [0.3, 0.4) is 0 Å². The summed E-state index contributed by atoms with van der Waals surface area (Å²) in [6.45, 7) is 0. The highest BCUT2D eigenvalue weighted by atomic mass is 16.4. The Balaban J connectivity index is 1.57. The number of rotatable bonds is 3. The third-order valence-corrected chi connectivity index (χ3v) is 5.68. The minimum Gasteiger partial charge on any atom is -0.454 e. The van der Waals surface area contributed by atoms with Gasteiger partial charge in [0.2, 0.25) is 0 Å². The van der Waals surface area contributed by atoms with Crippen LogP contribution in [0.15, 0.2) is 105 Å². The van der Waals surface area contributed by atoms with E-state index in [0.717, 1.165) is 33.2 Å². The number of hydrogen-bond donors (Lipinski definition) is 0. The fourth-order valence-corrected chi connectivity index (χ4v) is 4.18. The second kappa shape index (κ2) is 6.90. The molecule has 6 nitrogen and oxygen atoms in total. The molecule has 156 valence electrons. The van der Waals surface area contributed by atoms with Gasteiger partial charge in [0.1, 0.15) is 33.8 Å². The van der Waals surface area contributed by atoms with E-state index in [-0.39, 0.29) is 0 Å². The summed E-state index contributed by atoms with van der Waals surface area (Å²) in [5.74, 6) is 1.99. The van der Waals surface area contributed by atoms with E-state index in [1.54, 1.807) is 18.6 Å². The van der Waals surface area contributed by atoms with Crippen LogP contribution in [-0.4, -0.2) is 15.0 Å². The number of fused-ring (bicyclic) bond motifs is 6. The zero-order chi connectivity index (χ0) is 21.8. The lowest BCUT2D eigenvalue weighted by molar-refractivity contribution is 0.621. The first-order valence-corrected chi connectivity index (χ1v) is 10.5. The Hall–Kier alpha value is -4.71. The van der Waals surface area contributed by atoms with Crippen molar-refractivity contribution >= 4 is 32.9 Å². The predicted molar refractivity (Wildman–Crippen MR) is 125 cm³/mol. The summed E-state index contributed by atoms with van der Waals surface area (Å²) in [5.41, 5.74) is 4.31. The third-order valence-electron chi connectivity index (χ3n) is 5.68. The Kier molecular flexibility index (Phi) is 3.75. The topological polar surface area (TPSA) is 78.1 Å². The molecule has 6 aromatic heterocycles. The second-order valence-electron chi connectivity index (χ2n) is 7.71. The highest BCUT2D eigenvalue weighted by Gasteiger charge is 2.23. The molecule has 0 amide bonds. The van der Waals surface area contributed by atoms with Crippen LogP contribution in [0.25, 0.3) is 67.3 Å². The van der Waals surface area contributed by atoms with Gasteiger partial charge in [-0.2, -0.15) is 0 Å². The Bertz CT molecular complexity index is 1440. The van der Waals surface area contributed by atoms with E-state index in [0.29, 0.717) is 34.0 Å². The summed E-state index contributed by atoms with van der Waals surface area (Å²) < 4.78 is 19.0. The van der Waals surface area contributed by atoms with Crippen molar-refractivity contribution in [3.05, 3.63) is 91.4 Å². The maximum absolute atomic E-state index is 6.32. The minimum absolute atomic E-state index is 0.663. The maximum atomic E-state index is 6.32. The maximum Gasteiger partial charge on any atom is 0.153 e. The first kappa shape index (κ1) is 17.9. The normalized spacial score (nSPS) is 11.6. The lowest BCUT2D eigenvalue weighted by atomic mass is 10.1. The van der Waals surface area contributed by atoms with Gasteiger partial charge in [-0.25, -0.2) is 0 Å². The molecule has 7 aromatic rings. The van der Waals surface area contributed by atoms with Crippen LogP contribution < -0.4 is 0 Å². The monoisotopic (exact) mass is 429 g/mol. The Labute approximate surface area is 187 Å². The van der Waals surface area contributed by atoms with Crippen LogP contribution in [0, 0.1) is 0 Å². The molecule has 0 aliphatic heterocycles. The average Bonchev–Trinajstić information content (AvgIpc) is 3.62. The minimum atomic E-state index is 0.663. The third kappa shape index (κ3) is 2.78. The van der Waals surface area contributed by atoms with E-state index >= 15 is 0 Å². The molecule has 0 bridgehead atoms. The van der Waals surface area contributed by atoms with Gasteiger partial charge in [-0.1, -0.05) is 18.2 Å². The predicted octanol–water partition coefficient (Wildman–Crippen LogP) is 7.11. The second-order valence-corrected chi connectivity index (χ2v) is 7.71. The molecule has 6 heteroatoms. The molecule has 0 radical (unpaired) electrons. The fourth-order valence-electron chi connectivity index (χ4n) is 4.18. The van der Waals surface area contributed by atoms with Crippen molar-refractivity contribution in [3.63, 3.8) is 0 Å². The van der Waals surface area contributed by atoms with Crippen molar-refractivity contribution in [2.24, 2.45) is 0 Å². The van der Waals surface area contributed by atoms with Crippen LogP contribution in [0.1, 0.15) is 0 Å². The van der Waals surface area contributed by atoms with Crippen LogP contribution in [-0.2, 0) is 0 Å². The molecule has 0 aliphatic rings. The van der Waals surface area contributed by atoms with Crippen molar-refractivity contribution in [2.45, 2.75) is 0 Å². The van der Waals surface area contributed by atoms with E-state index in [2.05, 4.69) is 15.0 Å². The number of pyridine rings is 3. The molecule has 6 heterocycles. The molecule has 0 unspecified atom stereocenters. The summed E-state index contributed by atoms with van der Waals surface area (Å²) in [6, 6.07) is 23.1. The summed E-state index contributed by atoms with van der Waals surface area (Å²) >= 11 is 0. The van der Waals surface area contributed by atoms with E-state index < -0.39 is 0 Å². The standard InChI is InChI=1S/C27H15N3O3/c1-4-10-28-19(7-1)22-13-16-25(31-22)17-14-23(20-8-2-5-11-29-20)33-27(17)18-15-24(32-26(16)18)21-9-3-6-12-30-21/h1-15H. The quantitative estimate of drug-likeness (QED) is 0.298. The summed E-state index contributed by atoms with van der Waals surface area (Å²) in [7, 11) is 0. The van der Waals surface area contributed by atoms with Crippen molar-refractivity contribution in [1.82, 2.24) is 15.0 Å². The van der Waals surface area contributed by atoms with Crippen LogP contribution in [0.4, 0.5) is 0 Å². The molecule has 33 heavy (non-hydrogen) atoms. The average molecular weight is 429 g/mol. The highest BCUT2D eigenvalue weighted by Crippen LogP contribution is 2.44. The molecule has 0 N–H and O–H groups in total. The molecule has 0 saturated carbocycles. The van der Waals surface area contributed by atoms with E-state index in [1.807, 2.05) is 72.8 Å². The SMILES string of the molecule is c1ccc(-c2cc3c(o2)c2cc(-c4ccccn4)oc2c2cc(-c4ccccn4)oc32)nc1. The Morgan fingerprint density at radius 1 is 0.424 bits per heavy atom. The molecular formula is C27H15N3O3. The van der Waals surface area contributed by atoms with Crippen molar-refractivity contribution < 1.29 is 13.3 Å². The molecule has 0 saturated heterocycles. The first-order valence-electron chi connectivity index (χ1n) is 10.5. The van der Waals surface area contributed by atoms with Crippen molar-refractivity contribution in [2.75, 3.05) is 0 Å². The summed E-state index contributed by atoms with van der Waals surface area (Å²) in [4.78, 5) is 13.3. The van der Waals surface area contributed by atoms with E-state index in [1.165, 1.54) is 0 Å². The van der Waals surface area contributed by atoms with Crippen LogP contribution in [0.5, 0.6) is 0 Å². The molecule has 0 atom stereocenters. The summed E-state index contributed by atoms with van der Waals surface area (Å²) in [6.07, 6.45) is 5.24. The molecular weight excluding hydrogens is 414 g/mol. The number of furan rings is 3. The first-order chi connectivity index (χ1) is 16.3. The molecule has 0 fully saturated rings. The zero-order valence-electron chi connectivity index (χ0n) is 17.2. The molecule has 7 rings (SSSR count). The van der Waals surface area contributed by atoms with Gasteiger partial charge in [-0.05, 0) is 54.6 Å². The number of hydrogen-bond acceptors (Lipinski definition) is 6. The van der Waals surface area contributed by atoms with Gasteiger partial charge < -0.3 is 13.3 Å². The number of nitrogens with zero attached hydrogens (tertiary/aromatic N) is 3. The van der Waals surface area contributed by atoms with Gasteiger partial charge >= 0.3 is 0 Å². The van der Waals surface area contributed by atoms with Crippen LogP contribution >= 0.6 is 0 Å². The molecule has 0 aliphatic carbocycles. The number of aromatic nitrogens is 3. The Morgan fingerprint density at radius 2 is 0.758 bits per heavy atom.